The Hall–Kier alpha value is -1.58. The summed E-state index contributed by atoms with van der Waals surface area (Å²) in [4.78, 5) is 0. The first-order valence-corrected chi connectivity index (χ1v) is 17.4. The van der Waals surface area contributed by atoms with Crippen LogP contribution in [0, 0.1) is 0 Å². The van der Waals surface area contributed by atoms with E-state index in [-0.39, 0.29) is 0 Å². The summed E-state index contributed by atoms with van der Waals surface area (Å²) in [7, 11) is -2.15. The van der Waals surface area contributed by atoms with Crippen molar-refractivity contribution < 1.29 is 8.85 Å². The molecule has 0 heterocycles. The summed E-state index contributed by atoms with van der Waals surface area (Å²) in [6.07, 6.45) is 22.3. The lowest BCUT2D eigenvalue weighted by Gasteiger charge is -2.24. The van der Waals surface area contributed by atoms with Crippen LogP contribution in [-0.2, 0) is 4.43 Å². The van der Waals surface area contributed by atoms with Crippen molar-refractivity contribution in [1.82, 2.24) is 0 Å². The van der Waals surface area contributed by atoms with Gasteiger partial charge in [-0.05, 0) is 42.8 Å². The van der Waals surface area contributed by atoms with Crippen molar-refractivity contribution in [2.75, 3.05) is 6.61 Å². The van der Waals surface area contributed by atoms with E-state index in [1.807, 2.05) is 6.07 Å². The van der Waals surface area contributed by atoms with Gasteiger partial charge in [-0.3, -0.25) is 0 Å². The highest BCUT2D eigenvalue weighted by atomic mass is 28.4. The first-order valence-electron chi connectivity index (χ1n) is 14.6. The van der Waals surface area contributed by atoms with E-state index in [1.165, 1.54) is 107 Å². The Morgan fingerprint density at radius 2 is 0.943 bits per heavy atom. The minimum absolute atomic E-state index is 0.819. The van der Waals surface area contributed by atoms with Crippen LogP contribution in [0.3, 0.4) is 0 Å². The fourth-order valence-corrected chi connectivity index (χ4v) is 6.03. The van der Waals surface area contributed by atoms with Gasteiger partial charge in [-0.1, -0.05) is 146 Å². The summed E-state index contributed by atoms with van der Waals surface area (Å²) in [5.41, 5.74) is 2.45. The Labute approximate surface area is 218 Å². The molecule has 0 aliphatic carbocycles. The average molecular weight is 497 g/mol. The van der Waals surface area contributed by atoms with Crippen LogP contribution in [0.4, 0.5) is 0 Å². The average Bonchev–Trinajstić information content (AvgIpc) is 2.86. The van der Waals surface area contributed by atoms with Crippen LogP contribution >= 0.6 is 0 Å². The Balaban J connectivity index is 1.42. The number of hydrogen-bond donors (Lipinski definition) is 0. The third-order valence-corrected chi connectivity index (χ3v) is 8.40. The molecular weight excluding hydrogens is 444 g/mol. The van der Waals surface area contributed by atoms with E-state index in [4.69, 9.17) is 8.85 Å². The zero-order valence-corrected chi connectivity index (χ0v) is 24.0. The number of unbranched alkanes of at least 4 members (excludes halogenated alkanes) is 15. The molecule has 0 spiro atoms. The lowest BCUT2D eigenvalue weighted by Crippen LogP contribution is -2.38. The van der Waals surface area contributed by atoms with Crippen molar-refractivity contribution in [2.45, 2.75) is 123 Å². The predicted molar refractivity (Wildman–Crippen MR) is 155 cm³/mol. The van der Waals surface area contributed by atoms with E-state index in [0.717, 1.165) is 18.8 Å². The van der Waals surface area contributed by atoms with Gasteiger partial charge in [0, 0.05) is 6.61 Å². The smallest absolute Gasteiger partial charge is 0.392 e. The molecule has 0 fully saturated rings. The van der Waals surface area contributed by atoms with E-state index in [9.17, 15) is 0 Å². The highest BCUT2D eigenvalue weighted by Crippen LogP contribution is 2.24. The Kier molecular flexibility index (Phi) is 15.8. The molecule has 2 rings (SSSR count). The van der Waals surface area contributed by atoms with E-state index >= 15 is 0 Å². The van der Waals surface area contributed by atoms with Crippen LogP contribution in [0.25, 0.3) is 11.1 Å². The van der Waals surface area contributed by atoms with E-state index in [1.54, 1.807) is 0 Å². The van der Waals surface area contributed by atoms with Gasteiger partial charge in [0.2, 0.25) is 0 Å². The lowest BCUT2D eigenvalue weighted by molar-refractivity contribution is 0.240. The van der Waals surface area contributed by atoms with Gasteiger partial charge in [0.15, 0.2) is 0 Å². The summed E-state index contributed by atoms with van der Waals surface area (Å²) in [5.74, 6) is 0.910. The van der Waals surface area contributed by atoms with Gasteiger partial charge < -0.3 is 8.85 Å². The maximum absolute atomic E-state index is 6.24. The normalized spacial score (nSPS) is 11.6. The second kappa shape index (κ2) is 18.7. The molecule has 2 aromatic rings. The maximum atomic E-state index is 6.24. The van der Waals surface area contributed by atoms with Crippen LogP contribution in [0.1, 0.15) is 110 Å². The quantitative estimate of drug-likeness (QED) is 0.126. The van der Waals surface area contributed by atoms with Crippen LogP contribution in [0.2, 0.25) is 13.1 Å². The van der Waals surface area contributed by atoms with Crippen molar-refractivity contribution in [1.29, 1.82) is 0 Å². The van der Waals surface area contributed by atoms with Gasteiger partial charge in [-0.2, -0.15) is 0 Å². The molecule has 0 saturated carbocycles. The van der Waals surface area contributed by atoms with Gasteiger partial charge in [0.1, 0.15) is 5.75 Å². The summed E-state index contributed by atoms with van der Waals surface area (Å²) in [6, 6.07) is 18.8. The summed E-state index contributed by atoms with van der Waals surface area (Å²) in [5, 5.41) is 0. The minimum Gasteiger partial charge on any atom is -0.520 e. The summed E-state index contributed by atoms with van der Waals surface area (Å²) < 4.78 is 12.4. The van der Waals surface area contributed by atoms with Crippen molar-refractivity contribution in [3.63, 3.8) is 0 Å². The Bertz CT molecular complexity index is 742. The van der Waals surface area contributed by atoms with E-state index < -0.39 is 8.56 Å². The fourth-order valence-electron chi connectivity index (χ4n) is 4.63. The standard InChI is InChI=1S/C32H52O2Si/c1-4-5-6-7-8-9-10-11-12-13-14-15-16-17-18-22-29-33-35(2,3)34-32-27-25-31(26-28-32)30-23-20-19-21-24-30/h19-21,23-28H,4-18,22,29H2,1-3H3. The minimum atomic E-state index is -2.15. The molecule has 35 heavy (non-hydrogen) atoms. The molecule has 2 nitrogen and oxygen atoms in total. The molecule has 0 radical (unpaired) electrons. The lowest BCUT2D eigenvalue weighted by atomic mass is 10.0. The van der Waals surface area contributed by atoms with Gasteiger partial charge in [-0.25, -0.2) is 0 Å². The third kappa shape index (κ3) is 14.5. The molecule has 0 atom stereocenters. The Morgan fingerprint density at radius 1 is 0.514 bits per heavy atom. The monoisotopic (exact) mass is 496 g/mol. The molecule has 0 aliphatic rings. The molecule has 0 unspecified atom stereocenters. The van der Waals surface area contributed by atoms with Crippen molar-refractivity contribution in [3.8, 4) is 16.9 Å². The van der Waals surface area contributed by atoms with Gasteiger partial charge in [-0.15, -0.1) is 0 Å². The van der Waals surface area contributed by atoms with Crippen LogP contribution in [-0.4, -0.2) is 15.2 Å². The second-order valence-corrected chi connectivity index (χ2v) is 13.8. The van der Waals surface area contributed by atoms with E-state index in [0.29, 0.717) is 0 Å². The van der Waals surface area contributed by atoms with Crippen molar-refractivity contribution in [3.05, 3.63) is 54.6 Å². The fraction of sp³-hybridized carbons (Fsp3) is 0.625. The molecule has 3 heteroatoms. The predicted octanol–water partition coefficient (Wildman–Crippen LogP) is 10.7. The molecule has 2 aromatic carbocycles. The van der Waals surface area contributed by atoms with Gasteiger partial charge in [0.05, 0.1) is 0 Å². The molecule has 0 saturated heterocycles. The van der Waals surface area contributed by atoms with E-state index in [2.05, 4.69) is 68.5 Å². The van der Waals surface area contributed by atoms with Crippen LogP contribution in [0.15, 0.2) is 54.6 Å². The Morgan fingerprint density at radius 3 is 1.43 bits per heavy atom. The zero-order valence-electron chi connectivity index (χ0n) is 23.0. The third-order valence-electron chi connectivity index (χ3n) is 6.77. The van der Waals surface area contributed by atoms with Crippen LogP contribution < -0.4 is 4.43 Å². The highest BCUT2D eigenvalue weighted by molar-refractivity contribution is 6.65. The SMILES string of the molecule is CCCCCCCCCCCCCCCCCCO[Si](C)(C)Oc1ccc(-c2ccccc2)cc1. The molecule has 196 valence electrons. The maximum Gasteiger partial charge on any atom is 0.392 e. The first-order chi connectivity index (χ1) is 17.1. The number of hydrogen-bond acceptors (Lipinski definition) is 2. The molecule has 0 aromatic heterocycles. The van der Waals surface area contributed by atoms with Crippen molar-refractivity contribution in [2.24, 2.45) is 0 Å². The summed E-state index contributed by atoms with van der Waals surface area (Å²) in [6.45, 7) is 7.40. The van der Waals surface area contributed by atoms with Gasteiger partial charge >= 0.3 is 8.56 Å². The van der Waals surface area contributed by atoms with Gasteiger partial charge in [0.25, 0.3) is 0 Å². The molecule has 0 amide bonds. The molecule has 0 bridgehead atoms. The zero-order chi connectivity index (χ0) is 25.0. The van der Waals surface area contributed by atoms with Crippen LogP contribution in [0.5, 0.6) is 5.75 Å². The topological polar surface area (TPSA) is 18.5 Å². The second-order valence-electron chi connectivity index (χ2n) is 10.5. The largest absolute Gasteiger partial charge is 0.520 e. The highest BCUT2D eigenvalue weighted by Gasteiger charge is 2.26. The molecular formula is C32H52O2Si. The number of benzene rings is 2. The molecule has 0 N–H and O–H groups in total. The summed E-state index contributed by atoms with van der Waals surface area (Å²) >= 11 is 0. The molecule has 0 aliphatic heterocycles. The van der Waals surface area contributed by atoms with Crippen molar-refractivity contribution >= 4 is 8.56 Å². The number of rotatable bonds is 21. The first kappa shape index (κ1) is 29.6.